The minimum absolute atomic E-state index is 0.140. The van der Waals surface area contributed by atoms with Crippen molar-refractivity contribution >= 4 is 152 Å². The molecule has 6 aromatic heterocycles. The van der Waals surface area contributed by atoms with Crippen LogP contribution in [0.3, 0.4) is 0 Å². The number of aryl methyl sites for hydroxylation is 4. The average Bonchev–Trinajstić information content (AvgIpc) is 1.66. The Bertz CT molecular complexity index is 5920. The molecule has 2 N–H and O–H groups in total. The van der Waals surface area contributed by atoms with Gasteiger partial charge in [-0.1, -0.05) is 179 Å². The molecular formula is C86H68Cl4N12O6S4. The van der Waals surface area contributed by atoms with E-state index in [1.54, 1.807) is 69.0 Å². The van der Waals surface area contributed by atoms with Gasteiger partial charge in [0.25, 0.3) is 33.4 Å². The number of rotatable bonds is 14. The van der Waals surface area contributed by atoms with Crippen LogP contribution in [0.5, 0.6) is 0 Å². The van der Waals surface area contributed by atoms with E-state index in [1.165, 1.54) is 43.6 Å². The van der Waals surface area contributed by atoms with Gasteiger partial charge < -0.3 is 9.97 Å². The minimum Gasteiger partial charge on any atom is -0.313 e. The first kappa shape index (κ1) is 78.7. The number of likely N-dealkylation sites (N-methyl/N-ethyl adjacent to an activating group) is 2. The molecule has 18 nitrogen and oxygen atoms in total. The number of aromatic nitrogens is 10. The molecule has 8 heterocycles. The van der Waals surface area contributed by atoms with Crippen molar-refractivity contribution in [2.24, 2.45) is 0 Å². The SMILES string of the molecule is C=c1[nH]c(=O)/c(=C/c2cn(-c3ccc(Cl)cc3)nc2-c2ccc(C)cc2)s1.C=c1[nH]c(=O)/c(=C/c2cn(-c3ccc(Cl)cc3)nc2-c2ccc(C)cc2)s1.CCN1C(=O)S/C(=C\c2cn(-c3ccc(Cl)cc3)nc2-c2ccc(C)cc2)C1=O.CCN1C(=O)S/C(=C\c2cn(-c3ccc(Cl)cc3)nc2-c2ccc(C)cc2)C1=O. The second-order valence-electron chi connectivity index (χ2n) is 25.7. The number of nitrogens with one attached hydrogen (secondary N) is 2. The highest BCUT2D eigenvalue weighted by atomic mass is 35.5. The fraction of sp³-hybridized carbons (Fsp3) is 0.0930. The highest BCUT2D eigenvalue weighted by Crippen LogP contribution is 2.37. The molecule has 0 spiro atoms. The summed E-state index contributed by atoms with van der Waals surface area (Å²) in [7, 11) is 0. The standard InChI is InChI=1S/2C22H18ClN3O2S.2C21H16ClN3OS/c2*1-3-25-21(27)19(29-22(25)28)12-16-13-26(18-10-8-17(23)9-11-18)24-20(16)15-6-4-14(2)5-7-15;2*1-13-3-5-15(6-4-13)20-16(11-19-21(26)23-14(2)27-19)12-25(24-20)18-9-7-17(22)8-10-18/h2*4-13H,3H2,1-2H3;2*3-12H,2H2,1H3,(H,23,26)/b2*19-12-;2*19-11-. The zero-order chi connectivity index (χ0) is 79.0. The van der Waals surface area contributed by atoms with E-state index in [9.17, 15) is 28.8 Å². The second-order valence-corrected chi connectivity index (χ2v) is 31.7. The summed E-state index contributed by atoms with van der Waals surface area (Å²) in [5.74, 6) is -0.534. The van der Waals surface area contributed by atoms with E-state index >= 15 is 0 Å². The van der Waals surface area contributed by atoms with Crippen LogP contribution in [0.2, 0.25) is 20.1 Å². The van der Waals surface area contributed by atoms with E-state index in [4.69, 9.17) is 66.8 Å². The lowest BCUT2D eigenvalue weighted by molar-refractivity contribution is -0.123. The minimum atomic E-state index is -0.267. The van der Waals surface area contributed by atoms with Crippen LogP contribution in [0.1, 0.15) is 58.4 Å². The number of carbonyl (C=O) groups is 4. The third kappa shape index (κ3) is 18.6. The fourth-order valence-electron chi connectivity index (χ4n) is 11.7. The highest BCUT2D eigenvalue weighted by Gasteiger charge is 2.35. The molecule has 16 rings (SSSR count). The van der Waals surface area contributed by atoms with Crippen LogP contribution in [0.4, 0.5) is 9.59 Å². The summed E-state index contributed by atoms with van der Waals surface area (Å²) in [6.07, 6.45) is 14.8. The Hall–Kier alpha value is -11.4. The molecule has 8 aromatic carbocycles. The summed E-state index contributed by atoms with van der Waals surface area (Å²) in [6.45, 7) is 20.0. The van der Waals surface area contributed by atoms with Gasteiger partial charge in [0, 0.05) is 102 Å². The van der Waals surface area contributed by atoms with Crippen molar-refractivity contribution in [3.05, 3.63) is 332 Å². The number of hydrogen-bond donors (Lipinski definition) is 2. The Morgan fingerprint density at radius 3 is 0.786 bits per heavy atom. The van der Waals surface area contributed by atoms with Gasteiger partial charge in [0.1, 0.15) is 0 Å². The number of hydrogen-bond acceptors (Lipinski definition) is 14. The maximum Gasteiger partial charge on any atom is 0.293 e. The zero-order valence-electron chi connectivity index (χ0n) is 61.0. The van der Waals surface area contributed by atoms with Gasteiger partial charge in [-0.3, -0.25) is 38.6 Å². The lowest BCUT2D eigenvalue weighted by atomic mass is 10.1. The first-order valence-corrected chi connectivity index (χ1v) is 39.7. The van der Waals surface area contributed by atoms with Crippen LogP contribution < -0.4 is 29.5 Å². The number of H-pyrrole nitrogens is 2. The average molecular weight is 1640 g/mol. The van der Waals surface area contributed by atoms with Crippen molar-refractivity contribution in [3.63, 3.8) is 0 Å². The zero-order valence-corrected chi connectivity index (χ0v) is 67.3. The molecule has 0 aliphatic carbocycles. The third-order valence-corrected chi connectivity index (χ3v) is 22.1. The van der Waals surface area contributed by atoms with Gasteiger partial charge in [-0.25, -0.2) is 18.7 Å². The van der Waals surface area contributed by atoms with Crippen molar-refractivity contribution in [1.82, 2.24) is 58.9 Å². The molecular weight excluding hydrogens is 1570 g/mol. The lowest BCUT2D eigenvalue weighted by Crippen LogP contribution is -2.27. The number of benzene rings is 8. The maximum absolute atomic E-state index is 12.5. The topological polar surface area (TPSA) is 212 Å². The number of halogens is 4. The molecule has 2 saturated heterocycles. The van der Waals surface area contributed by atoms with Gasteiger partial charge in [0.05, 0.1) is 73.7 Å². The van der Waals surface area contributed by atoms with Crippen LogP contribution in [-0.4, -0.2) is 94.3 Å². The Morgan fingerprint density at radius 1 is 0.348 bits per heavy atom. The molecule has 0 unspecified atom stereocenters. The molecule has 560 valence electrons. The highest BCUT2D eigenvalue weighted by molar-refractivity contribution is 8.18. The van der Waals surface area contributed by atoms with E-state index in [-0.39, 0.29) is 33.4 Å². The van der Waals surface area contributed by atoms with Gasteiger partial charge in [0.2, 0.25) is 0 Å². The smallest absolute Gasteiger partial charge is 0.293 e. The summed E-state index contributed by atoms with van der Waals surface area (Å²) in [4.78, 5) is 82.1. The van der Waals surface area contributed by atoms with E-state index in [1.807, 2.05) is 234 Å². The van der Waals surface area contributed by atoms with Crippen molar-refractivity contribution < 1.29 is 19.2 Å². The normalized spacial score (nSPS) is 13.8. The number of nitrogens with zero attached hydrogens (tertiary/aromatic N) is 10. The number of thioether (sulfide) groups is 2. The molecule has 0 bridgehead atoms. The van der Waals surface area contributed by atoms with Gasteiger partial charge in [-0.15, -0.1) is 22.7 Å². The molecule has 0 atom stereocenters. The molecule has 4 amide bonds. The first-order valence-electron chi connectivity index (χ1n) is 34.9. The molecule has 0 saturated carbocycles. The predicted molar refractivity (Wildman–Crippen MR) is 458 cm³/mol. The first-order chi connectivity index (χ1) is 53.9. The molecule has 0 radical (unpaired) electrons. The number of aromatic amines is 2. The number of carbonyl (C=O) groups excluding carboxylic acids is 4. The van der Waals surface area contributed by atoms with Gasteiger partial charge in [-0.2, -0.15) is 20.4 Å². The predicted octanol–water partition coefficient (Wildman–Crippen LogP) is 18.1. The quantitative estimate of drug-likeness (QED) is 0.0974. The van der Waals surface area contributed by atoms with Crippen molar-refractivity contribution in [2.45, 2.75) is 41.5 Å². The number of thiazole rings is 2. The van der Waals surface area contributed by atoms with Crippen LogP contribution in [0, 0.1) is 27.7 Å². The summed E-state index contributed by atoms with van der Waals surface area (Å²) in [5.41, 5.74) is 18.1. The van der Waals surface area contributed by atoms with Crippen molar-refractivity contribution in [1.29, 1.82) is 0 Å². The van der Waals surface area contributed by atoms with E-state index < -0.39 is 0 Å². The van der Waals surface area contributed by atoms with E-state index in [0.717, 1.165) is 125 Å². The van der Waals surface area contributed by atoms with Crippen LogP contribution in [-0.2, 0) is 9.59 Å². The van der Waals surface area contributed by atoms with Crippen LogP contribution in [0.25, 0.3) is 105 Å². The fourth-order valence-corrected chi connectivity index (χ4v) is 15.5. The Labute approximate surface area is 679 Å². The molecule has 2 fully saturated rings. The number of amides is 4. The summed E-state index contributed by atoms with van der Waals surface area (Å²) >= 11 is 28.6. The lowest BCUT2D eigenvalue weighted by Gasteiger charge is -2.06. The Morgan fingerprint density at radius 2 is 0.580 bits per heavy atom. The maximum atomic E-state index is 12.5. The monoisotopic (exact) mass is 1630 g/mol. The molecule has 2 aliphatic rings. The van der Waals surface area contributed by atoms with E-state index in [2.05, 4.69) is 23.1 Å². The molecule has 2 aliphatic heterocycles. The van der Waals surface area contributed by atoms with Crippen molar-refractivity contribution in [3.8, 4) is 67.8 Å². The van der Waals surface area contributed by atoms with Gasteiger partial charge >= 0.3 is 0 Å². The van der Waals surface area contributed by atoms with E-state index in [0.29, 0.717) is 61.4 Å². The summed E-state index contributed by atoms with van der Waals surface area (Å²) in [5, 5.41) is 21.2. The van der Waals surface area contributed by atoms with Crippen LogP contribution >= 0.6 is 92.6 Å². The summed E-state index contributed by atoms with van der Waals surface area (Å²) < 4.78 is 9.56. The molecule has 112 heavy (non-hydrogen) atoms. The molecule has 14 aromatic rings. The Kier molecular flexibility index (Phi) is 24.5. The van der Waals surface area contributed by atoms with Gasteiger partial charge in [-0.05, 0) is 186 Å². The summed E-state index contributed by atoms with van der Waals surface area (Å²) in [6, 6.07) is 62.1. The second kappa shape index (κ2) is 34.9. The van der Waals surface area contributed by atoms with Crippen LogP contribution in [0.15, 0.2) is 238 Å². The van der Waals surface area contributed by atoms with Gasteiger partial charge in [0.15, 0.2) is 0 Å². The molecule has 26 heteroatoms. The Balaban J connectivity index is 0.000000131. The number of imide groups is 2. The van der Waals surface area contributed by atoms with Crippen molar-refractivity contribution in [2.75, 3.05) is 13.1 Å². The third-order valence-electron chi connectivity index (χ3n) is 17.6. The largest absolute Gasteiger partial charge is 0.313 e.